The van der Waals surface area contributed by atoms with E-state index in [2.05, 4.69) is 31.5 Å². The summed E-state index contributed by atoms with van der Waals surface area (Å²) in [5, 5.41) is 12.8. The molecule has 0 radical (unpaired) electrons. The van der Waals surface area contributed by atoms with Gasteiger partial charge in [-0.25, -0.2) is 0 Å². The minimum absolute atomic E-state index is 0.147. The van der Waals surface area contributed by atoms with Gasteiger partial charge in [-0.05, 0) is 60.9 Å². The fraction of sp³-hybridized carbons (Fsp3) is 0.409. The molecule has 0 aromatic heterocycles. The summed E-state index contributed by atoms with van der Waals surface area (Å²) in [6, 6.07) is 7.92. The van der Waals surface area contributed by atoms with E-state index < -0.39 is 0 Å². The molecule has 2 atom stereocenters. The number of thioether (sulfide) groups is 1. The van der Waals surface area contributed by atoms with Crippen molar-refractivity contribution in [3.05, 3.63) is 59.5 Å². The number of allylic oxidation sites excluding steroid dienone is 3. The van der Waals surface area contributed by atoms with Gasteiger partial charge in [0.1, 0.15) is 11.9 Å². The molecule has 1 N–H and O–H groups in total. The Kier molecular flexibility index (Phi) is 8.03. The van der Waals surface area contributed by atoms with E-state index in [9.17, 15) is 5.26 Å². The molecule has 1 heterocycles. The van der Waals surface area contributed by atoms with Gasteiger partial charge < -0.3 is 10.1 Å². The number of nitriles is 1. The molecule has 26 heavy (non-hydrogen) atoms. The molecule has 1 aliphatic heterocycles. The van der Waals surface area contributed by atoms with Gasteiger partial charge in [-0.3, -0.25) is 0 Å². The van der Waals surface area contributed by atoms with Crippen LogP contribution < -0.4 is 10.1 Å². The van der Waals surface area contributed by atoms with Crippen LogP contribution >= 0.6 is 11.8 Å². The summed E-state index contributed by atoms with van der Waals surface area (Å²) in [7, 11) is 0. The van der Waals surface area contributed by atoms with Crippen LogP contribution in [0.1, 0.15) is 44.2 Å². The van der Waals surface area contributed by atoms with Crippen LogP contribution in [0.5, 0.6) is 5.75 Å². The van der Waals surface area contributed by atoms with Gasteiger partial charge in [0.25, 0.3) is 0 Å². The molecule has 0 aliphatic carbocycles. The normalized spacial score (nSPS) is 20.3. The third-order valence-corrected chi connectivity index (χ3v) is 5.44. The molecule has 1 unspecified atom stereocenters. The molecular weight excluding hydrogens is 340 g/mol. The first-order valence-electron chi connectivity index (χ1n) is 9.16. The van der Waals surface area contributed by atoms with Gasteiger partial charge in [-0.1, -0.05) is 50.4 Å². The van der Waals surface area contributed by atoms with Crippen molar-refractivity contribution in [2.45, 2.75) is 39.2 Å². The third kappa shape index (κ3) is 5.79. The first-order chi connectivity index (χ1) is 12.6. The Bertz CT molecular complexity index is 715. The maximum Gasteiger partial charge on any atom is 0.121 e. The topological polar surface area (TPSA) is 45.0 Å². The molecule has 4 heteroatoms. The fourth-order valence-corrected chi connectivity index (χ4v) is 4.03. The molecule has 0 amide bonds. The quantitative estimate of drug-likeness (QED) is 0.615. The molecule has 1 saturated heterocycles. The lowest BCUT2D eigenvalue weighted by atomic mass is 9.90. The average molecular weight is 369 g/mol. The second-order valence-electron chi connectivity index (χ2n) is 6.59. The number of nitrogens with zero attached hydrogens (tertiary/aromatic N) is 1. The van der Waals surface area contributed by atoms with Crippen molar-refractivity contribution >= 4 is 16.7 Å². The van der Waals surface area contributed by atoms with Crippen molar-refractivity contribution in [3.63, 3.8) is 0 Å². The van der Waals surface area contributed by atoms with E-state index in [1.807, 2.05) is 31.2 Å². The van der Waals surface area contributed by atoms with Crippen molar-refractivity contribution in [1.29, 1.82) is 5.26 Å². The van der Waals surface area contributed by atoms with Gasteiger partial charge in [0.05, 0.1) is 11.6 Å². The SMILES string of the molecule is C=C/C=C(/C)SC(=C)c1cc(C#N)cc(O[C@H]2CNCCC2CCC)c1. The maximum atomic E-state index is 9.40. The van der Waals surface area contributed by atoms with Crippen LogP contribution in [-0.2, 0) is 0 Å². The smallest absolute Gasteiger partial charge is 0.121 e. The van der Waals surface area contributed by atoms with Gasteiger partial charge in [0, 0.05) is 11.4 Å². The second-order valence-corrected chi connectivity index (χ2v) is 7.93. The fourth-order valence-electron chi connectivity index (χ4n) is 3.24. The molecule has 0 saturated carbocycles. The van der Waals surface area contributed by atoms with Crippen LogP contribution in [0.3, 0.4) is 0 Å². The van der Waals surface area contributed by atoms with E-state index in [0.29, 0.717) is 11.5 Å². The average Bonchev–Trinajstić information content (AvgIpc) is 2.63. The molecule has 138 valence electrons. The summed E-state index contributed by atoms with van der Waals surface area (Å²) >= 11 is 1.58. The van der Waals surface area contributed by atoms with Crippen LogP contribution in [0.25, 0.3) is 4.91 Å². The third-order valence-electron chi connectivity index (χ3n) is 4.50. The summed E-state index contributed by atoms with van der Waals surface area (Å²) < 4.78 is 6.31. The van der Waals surface area contributed by atoms with Crippen molar-refractivity contribution in [1.82, 2.24) is 5.32 Å². The highest BCUT2D eigenvalue weighted by Crippen LogP contribution is 2.34. The van der Waals surface area contributed by atoms with Gasteiger partial charge in [-0.2, -0.15) is 5.26 Å². The van der Waals surface area contributed by atoms with E-state index in [-0.39, 0.29) is 6.10 Å². The number of piperidine rings is 1. The number of hydrogen-bond acceptors (Lipinski definition) is 4. The Hall–Kier alpha value is -1.96. The second kappa shape index (κ2) is 10.3. The molecule has 3 nitrogen and oxygen atoms in total. The number of hydrogen-bond donors (Lipinski definition) is 1. The largest absolute Gasteiger partial charge is 0.489 e. The van der Waals surface area contributed by atoms with Crippen molar-refractivity contribution in [3.8, 4) is 11.8 Å². The summed E-state index contributed by atoms with van der Waals surface area (Å²) in [6.07, 6.45) is 7.33. The molecule has 1 aromatic rings. The van der Waals surface area contributed by atoms with E-state index in [1.165, 1.54) is 6.42 Å². The van der Waals surface area contributed by atoms with Gasteiger partial charge in [0.2, 0.25) is 0 Å². The van der Waals surface area contributed by atoms with Gasteiger partial charge in [0.15, 0.2) is 0 Å². The predicted molar refractivity (Wildman–Crippen MR) is 112 cm³/mol. The summed E-state index contributed by atoms with van der Waals surface area (Å²) in [5.41, 5.74) is 1.53. The summed E-state index contributed by atoms with van der Waals surface area (Å²) in [6.45, 7) is 14.0. The molecule has 0 spiro atoms. The predicted octanol–water partition coefficient (Wildman–Crippen LogP) is 5.51. The minimum atomic E-state index is 0.147. The highest BCUT2D eigenvalue weighted by Gasteiger charge is 2.26. The lowest BCUT2D eigenvalue weighted by Gasteiger charge is -2.32. The van der Waals surface area contributed by atoms with Gasteiger partial charge >= 0.3 is 0 Å². The van der Waals surface area contributed by atoms with Crippen LogP contribution in [-0.4, -0.2) is 19.2 Å². The Morgan fingerprint density at radius 2 is 2.27 bits per heavy atom. The Labute approximate surface area is 161 Å². The lowest BCUT2D eigenvalue weighted by molar-refractivity contribution is 0.0989. The van der Waals surface area contributed by atoms with Crippen LogP contribution in [0.2, 0.25) is 0 Å². The summed E-state index contributed by atoms with van der Waals surface area (Å²) in [4.78, 5) is 2.00. The molecular formula is C22H28N2OS. The summed E-state index contributed by atoms with van der Waals surface area (Å²) in [5.74, 6) is 1.31. The highest BCUT2D eigenvalue weighted by atomic mass is 32.2. The maximum absolute atomic E-state index is 9.40. The Balaban J connectivity index is 2.20. The van der Waals surface area contributed by atoms with E-state index in [1.54, 1.807) is 17.8 Å². The van der Waals surface area contributed by atoms with Crippen molar-refractivity contribution in [2.24, 2.45) is 5.92 Å². The number of ether oxygens (including phenoxy) is 1. The van der Waals surface area contributed by atoms with Gasteiger partial charge in [-0.15, -0.1) is 0 Å². The molecule has 2 rings (SSSR count). The van der Waals surface area contributed by atoms with Crippen LogP contribution in [0, 0.1) is 17.2 Å². The number of nitrogens with one attached hydrogen (secondary N) is 1. The highest BCUT2D eigenvalue weighted by molar-refractivity contribution is 8.11. The lowest BCUT2D eigenvalue weighted by Crippen LogP contribution is -2.44. The van der Waals surface area contributed by atoms with Crippen molar-refractivity contribution < 1.29 is 4.74 Å². The molecule has 1 fully saturated rings. The van der Waals surface area contributed by atoms with Crippen molar-refractivity contribution in [2.75, 3.05) is 13.1 Å². The molecule has 0 bridgehead atoms. The zero-order valence-electron chi connectivity index (χ0n) is 15.8. The zero-order valence-corrected chi connectivity index (χ0v) is 16.6. The Morgan fingerprint density at radius 1 is 1.46 bits per heavy atom. The standard InChI is InChI=1S/C22H28N2OS/c1-5-7-16(3)26-17(4)20-11-18(14-23)12-21(13-20)25-22-15-24-10-9-19(22)8-6-2/h5,7,11-13,19,22,24H,1,4,6,8-10,15H2,2-3H3/b16-7-/t19?,22-/m0/s1. The van der Waals surface area contributed by atoms with E-state index in [4.69, 9.17) is 4.74 Å². The zero-order chi connectivity index (χ0) is 18.9. The molecule has 1 aromatic carbocycles. The number of benzene rings is 1. The number of rotatable bonds is 8. The Morgan fingerprint density at radius 3 is 2.96 bits per heavy atom. The van der Waals surface area contributed by atoms with E-state index in [0.717, 1.165) is 47.1 Å². The van der Waals surface area contributed by atoms with Crippen LogP contribution in [0.15, 0.2) is 48.4 Å². The van der Waals surface area contributed by atoms with E-state index >= 15 is 0 Å². The van der Waals surface area contributed by atoms with Crippen LogP contribution in [0.4, 0.5) is 0 Å². The minimum Gasteiger partial charge on any atom is -0.489 e. The first-order valence-corrected chi connectivity index (χ1v) is 9.98. The monoisotopic (exact) mass is 368 g/mol. The first kappa shape index (κ1) is 20.4. The molecule has 1 aliphatic rings.